The van der Waals surface area contributed by atoms with Crippen LogP contribution in [0.2, 0.25) is 0 Å². The van der Waals surface area contributed by atoms with Crippen molar-refractivity contribution in [3.8, 4) is 0 Å². The highest BCUT2D eigenvalue weighted by Crippen LogP contribution is 2.13. The van der Waals surface area contributed by atoms with E-state index in [1.165, 1.54) is 13.3 Å². The molecule has 0 bridgehead atoms. The van der Waals surface area contributed by atoms with E-state index < -0.39 is 0 Å². The molecule has 114 valence electrons. The minimum Gasteiger partial charge on any atom is -0.469 e. The van der Waals surface area contributed by atoms with Crippen molar-refractivity contribution in [2.75, 3.05) is 19.1 Å². The van der Waals surface area contributed by atoms with E-state index in [1.54, 1.807) is 28.9 Å². The van der Waals surface area contributed by atoms with E-state index in [-0.39, 0.29) is 18.3 Å². The van der Waals surface area contributed by atoms with Gasteiger partial charge in [-0.1, -0.05) is 22.9 Å². The van der Waals surface area contributed by atoms with Crippen molar-refractivity contribution >= 4 is 17.6 Å². The van der Waals surface area contributed by atoms with Gasteiger partial charge in [-0.05, 0) is 17.2 Å². The number of rotatable bonds is 5. The topological polar surface area (TPSA) is 63.4 Å². The lowest BCUT2D eigenvalue weighted by molar-refractivity contribution is -0.753. The molecule has 0 aliphatic carbocycles. The van der Waals surface area contributed by atoms with Crippen LogP contribution in [0.1, 0.15) is 16.8 Å². The van der Waals surface area contributed by atoms with Gasteiger partial charge in [0.25, 0.3) is 5.91 Å². The Kier molecular flexibility index (Phi) is 5.19. The van der Waals surface area contributed by atoms with E-state index in [0.717, 1.165) is 5.69 Å². The number of esters is 1. The number of anilines is 1. The van der Waals surface area contributed by atoms with E-state index in [0.29, 0.717) is 12.1 Å². The van der Waals surface area contributed by atoms with Gasteiger partial charge in [0, 0.05) is 18.8 Å². The fourth-order valence-corrected chi connectivity index (χ4v) is 1.91. The average Bonchev–Trinajstić information content (AvgIpc) is 2.59. The second kappa shape index (κ2) is 7.31. The molecule has 0 saturated carbocycles. The standard InChI is InChI=1S/C16H18N3O3/c1-18(14-6-4-3-5-7-14)16(21)13-8-10-19(17-12-13)11-9-15(20)22-2/h3-8,10,12H,9,11H2,1-2H3/q+1. The molecule has 1 aromatic heterocycles. The largest absolute Gasteiger partial charge is 0.469 e. The quantitative estimate of drug-likeness (QED) is 0.615. The second-order valence-corrected chi connectivity index (χ2v) is 4.70. The molecule has 6 nitrogen and oxygen atoms in total. The fraction of sp³-hybridized carbons (Fsp3) is 0.250. The third-order valence-electron chi connectivity index (χ3n) is 3.24. The second-order valence-electron chi connectivity index (χ2n) is 4.70. The molecule has 0 spiro atoms. The molecule has 6 heteroatoms. The Labute approximate surface area is 128 Å². The van der Waals surface area contributed by atoms with Crippen LogP contribution in [0.3, 0.4) is 0 Å². The van der Waals surface area contributed by atoms with Crippen LogP contribution in [0.5, 0.6) is 0 Å². The molecule has 0 atom stereocenters. The lowest BCUT2D eigenvalue weighted by atomic mass is 10.2. The lowest BCUT2D eigenvalue weighted by Crippen LogP contribution is -2.39. The first-order valence-electron chi connectivity index (χ1n) is 6.87. The minimum atomic E-state index is -0.293. The van der Waals surface area contributed by atoms with Gasteiger partial charge >= 0.3 is 5.97 Å². The molecule has 1 heterocycles. The highest BCUT2D eigenvalue weighted by Gasteiger charge is 2.16. The number of benzene rings is 1. The number of nitrogens with zero attached hydrogens (tertiary/aromatic N) is 3. The monoisotopic (exact) mass is 300 g/mol. The van der Waals surface area contributed by atoms with Gasteiger partial charge in [-0.25, -0.2) is 0 Å². The first-order valence-corrected chi connectivity index (χ1v) is 6.87. The predicted octanol–water partition coefficient (Wildman–Crippen LogP) is 1.21. The summed E-state index contributed by atoms with van der Waals surface area (Å²) in [6.45, 7) is 0.412. The van der Waals surface area contributed by atoms with Crippen molar-refractivity contribution in [3.05, 3.63) is 54.4 Å². The maximum atomic E-state index is 12.4. The number of hydrogen-bond donors (Lipinski definition) is 0. The Morgan fingerprint density at radius 3 is 2.55 bits per heavy atom. The van der Waals surface area contributed by atoms with Crippen LogP contribution in [-0.2, 0) is 16.1 Å². The third-order valence-corrected chi connectivity index (χ3v) is 3.24. The van der Waals surface area contributed by atoms with Gasteiger partial charge < -0.3 is 9.64 Å². The molecule has 2 rings (SSSR count). The van der Waals surface area contributed by atoms with E-state index in [2.05, 4.69) is 9.84 Å². The SMILES string of the molecule is COC(=O)CC[n+]1ccc(C(=O)N(C)c2ccccc2)cn1. The summed E-state index contributed by atoms with van der Waals surface area (Å²) in [5, 5.41) is 4.14. The van der Waals surface area contributed by atoms with Gasteiger partial charge in [-0.15, -0.1) is 0 Å². The molecule has 0 saturated heterocycles. The molecule has 1 aromatic carbocycles. The molecule has 0 N–H and O–H groups in total. The normalized spacial score (nSPS) is 10.1. The molecule has 0 aliphatic rings. The summed E-state index contributed by atoms with van der Waals surface area (Å²) in [7, 11) is 3.07. The van der Waals surface area contributed by atoms with E-state index in [9.17, 15) is 9.59 Å². The Balaban J connectivity index is 2.03. The van der Waals surface area contributed by atoms with Gasteiger partial charge in [-0.2, -0.15) is 0 Å². The molecule has 0 aliphatic heterocycles. The van der Waals surface area contributed by atoms with Crippen LogP contribution < -0.4 is 9.58 Å². The summed E-state index contributed by atoms with van der Waals surface area (Å²) in [6, 6.07) is 11.1. The number of hydrogen-bond acceptors (Lipinski definition) is 4. The minimum absolute atomic E-state index is 0.140. The van der Waals surface area contributed by atoms with Gasteiger partial charge in [-0.3, -0.25) is 9.59 Å². The number of para-hydroxylation sites is 1. The zero-order chi connectivity index (χ0) is 15.9. The highest BCUT2D eigenvalue weighted by molar-refractivity contribution is 6.05. The Hall–Kier alpha value is -2.76. The molecule has 1 amide bonds. The summed E-state index contributed by atoms with van der Waals surface area (Å²) in [6.07, 6.45) is 3.42. The smallest absolute Gasteiger partial charge is 0.312 e. The number of aryl methyl sites for hydroxylation is 1. The van der Waals surface area contributed by atoms with Crippen LogP contribution in [0, 0.1) is 0 Å². The summed E-state index contributed by atoms with van der Waals surface area (Å²) >= 11 is 0. The van der Waals surface area contributed by atoms with Gasteiger partial charge in [0.05, 0.1) is 12.7 Å². The molecular formula is C16H18N3O3+. The Morgan fingerprint density at radius 1 is 1.23 bits per heavy atom. The van der Waals surface area contributed by atoms with Gasteiger partial charge in [0.15, 0.2) is 12.7 Å². The van der Waals surface area contributed by atoms with E-state index in [4.69, 9.17) is 0 Å². The number of carbonyl (C=O) groups excluding carboxylic acids is 2. The van der Waals surface area contributed by atoms with Crippen LogP contribution in [0.25, 0.3) is 0 Å². The average molecular weight is 300 g/mol. The summed E-state index contributed by atoms with van der Waals surface area (Å²) in [4.78, 5) is 25.0. The maximum Gasteiger partial charge on any atom is 0.312 e. The summed E-state index contributed by atoms with van der Waals surface area (Å²) < 4.78 is 6.17. The first kappa shape index (κ1) is 15.6. The van der Waals surface area contributed by atoms with E-state index in [1.807, 2.05) is 30.3 Å². The number of aromatic nitrogens is 2. The summed E-state index contributed by atoms with van der Waals surface area (Å²) in [5.41, 5.74) is 1.30. The van der Waals surface area contributed by atoms with Crippen molar-refractivity contribution in [2.24, 2.45) is 0 Å². The maximum absolute atomic E-state index is 12.4. The first-order chi connectivity index (χ1) is 10.6. The van der Waals surface area contributed by atoms with Gasteiger partial charge in [0.2, 0.25) is 0 Å². The third kappa shape index (κ3) is 3.88. The predicted molar refractivity (Wildman–Crippen MR) is 80.2 cm³/mol. The zero-order valence-corrected chi connectivity index (χ0v) is 12.6. The molecule has 2 aromatic rings. The summed E-state index contributed by atoms with van der Waals surface area (Å²) in [5.74, 6) is -0.433. The fourth-order valence-electron chi connectivity index (χ4n) is 1.91. The van der Waals surface area contributed by atoms with Crippen molar-refractivity contribution in [1.29, 1.82) is 0 Å². The molecule has 0 fully saturated rings. The number of ether oxygens (including phenoxy) is 1. The molecular weight excluding hydrogens is 282 g/mol. The van der Waals surface area contributed by atoms with Crippen molar-refractivity contribution in [1.82, 2.24) is 5.10 Å². The van der Waals surface area contributed by atoms with Crippen molar-refractivity contribution in [2.45, 2.75) is 13.0 Å². The molecule has 0 radical (unpaired) electrons. The zero-order valence-electron chi connectivity index (χ0n) is 12.6. The number of methoxy groups -OCH3 is 1. The Morgan fingerprint density at radius 2 is 1.95 bits per heavy atom. The van der Waals surface area contributed by atoms with Gasteiger partial charge in [0.1, 0.15) is 12.6 Å². The molecule has 0 unspecified atom stereocenters. The highest BCUT2D eigenvalue weighted by atomic mass is 16.5. The van der Waals surface area contributed by atoms with E-state index >= 15 is 0 Å². The number of amides is 1. The lowest BCUT2D eigenvalue weighted by Gasteiger charge is -2.16. The van der Waals surface area contributed by atoms with Crippen LogP contribution in [0.15, 0.2) is 48.8 Å². The van der Waals surface area contributed by atoms with Crippen molar-refractivity contribution < 1.29 is 19.0 Å². The van der Waals surface area contributed by atoms with Crippen LogP contribution in [0.4, 0.5) is 5.69 Å². The van der Waals surface area contributed by atoms with Crippen molar-refractivity contribution in [3.63, 3.8) is 0 Å². The van der Waals surface area contributed by atoms with Crippen LogP contribution in [-0.4, -0.2) is 31.1 Å². The van der Waals surface area contributed by atoms with Crippen LogP contribution >= 0.6 is 0 Å². The molecule has 22 heavy (non-hydrogen) atoms. The Bertz CT molecular complexity index is 641. The number of carbonyl (C=O) groups is 2.